The highest BCUT2D eigenvalue weighted by molar-refractivity contribution is 5.73. The zero-order valence-corrected chi connectivity index (χ0v) is 14.3. The Morgan fingerprint density at radius 1 is 0.923 bits per heavy atom. The maximum atomic E-state index is 11.9. The van der Waals surface area contributed by atoms with Gasteiger partial charge in [0, 0.05) is 5.56 Å². The lowest BCUT2D eigenvalue weighted by molar-refractivity contribution is 0.236. The van der Waals surface area contributed by atoms with Gasteiger partial charge in [0.15, 0.2) is 0 Å². The SMILES string of the molecule is O=C(NCCOc1ccccc1)NCc1cc(-c2ccccc2)ncn1. The predicted octanol–water partition coefficient (Wildman–Crippen LogP) is 3.02. The summed E-state index contributed by atoms with van der Waals surface area (Å²) in [7, 11) is 0. The Labute approximate surface area is 152 Å². The first-order chi connectivity index (χ1) is 12.8. The molecule has 132 valence electrons. The summed E-state index contributed by atoms with van der Waals surface area (Å²) in [5, 5.41) is 5.53. The standard InChI is InChI=1S/C20H20N4O2/c25-20(21-11-12-26-18-9-5-2-6-10-18)22-14-17-13-19(24-15-23-17)16-7-3-1-4-8-16/h1-10,13,15H,11-12,14H2,(H2,21,22,25). The molecule has 0 atom stereocenters. The van der Waals surface area contributed by atoms with E-state index >= 15 is 0 Å². The molecule has 0 unspecified atom stereocenters. The van der Waals surface area contributed by atoms with E-state index in [2.05, 4.69) is 20.6 Å². The normalized spacial score (nSPS) is 10.2. The largest absolute Gasteiger partial charge is 0.492 e. The van der Waals surface area contributed by atoms with E-state index in [1.54, 1.807) is 0 Å². The quantitative estimate of drug-likeness (QED) is 0.644. The number of hydrogen-bond acceptors (Lipinski definition) is 4. The summed E-state index contributed by atoms with van der Waals surface area (Å²) in [6, 6.07) is 20.9. The van der Waals surface area contributed by atoms with Gasteiger partial charge in [-0.25, -0.2) is 14.8 Å². The number of carbonyl (C=O) groups is 1. The second-order valence-corrected chi connectivity index (χ2v) is 5.53. The third-order valence-corrected chi connectivity index (χ3v) is 3.62. The molecule has 0 saturated heterocycles. The molecule has 6 heteroatoms. The number of nitrogens with one attached hydrogen (secondary N) is 2. The van der Waals surface area contributed by atoms with Gasteiger partial charge in [-0.1, -0.05) is 48.5 Å². The average Bonchev–Trinajstić information content (AvgIpc) is 2.71. The molecule has 2 N–H and O–H groups in total. The molecule has 0 saturated carbocycles. The minimum atomic E-state index is -0.262. The molecule has 3 aromatic rings. The summed E-state index contributed by atoms with van der Waals surface area (Å²) in [6.07, 6.45) is 1.50. The lowest BCUT2D eigenvalue weighted by Crippen LogP contribution is -2.37. The molecule has 0 aliphatic heterocycles. The van der Waals surface area contributed by atoms with Gasteiger partial charge in [-0.05, 0) is 18.2 Å². The minimum Gasteiger partial charge on any atom is -0.492 e. The van der Waals surface area contributed by atoms with Gasteiger partial charge < -0.3 is 15.4 Å². The van der Waals surface area contributed by atoms with E-state index in [0.717, 1.165) is 22.7 Å². The van der Waals surface area contributed by atoms with Crippen molar-refractivity contribution in [2.24, 2.45) is 0 Å². The highest BCUT2D eigenvalue weighted by Gasteiger charge is 2.04. The number of para-hydroxylation sites is 1. The molecule has 0 spiro atoms. The van der Waals surface area contributed by atoms with Crippen LogP contribution in [0.4, 0.5) is 4.79 Å². The zero-order chi connectivity index (χ0) is 18.0. The zero-order valence-electron chi connectivity index (χ0n) is 14.3. The molecule has 3 rings (SSSR count). The van der Waals surface area contributed by atoms with Gasteiger partial charge in [-0.15, -0.1) is 0 Å². The maximum absolute atomic E-state index is 11.9. The molecular weight excluding hydrogens is 328 g/mol. The van der Waals surface area contributed by atoms with Gasteiger partial charge in [0.05, 0.1) is 24.5 Å². The molecule has 26 heavy (non-hydrogen) atoms. The van der Waals surface area contributed by atoms with Crippen molar-refractivity contribution in [3.8, 4) is 17.0 Å². The van der Waals surface area contributed by atoms with Gasteiger partial charge in [0.25, 0.3) is 0 Å². The fourth-order valence-corrected chi connectivity index (χ4v) is 2.34. The molecule has 0 radical (unpaired) electrons. The molecule has 2 amide bonds. The monoisotopic (exact) mass is 348 g/mol. The second kappa shape index (κ2) is 9.17. The third-order valence-electron chi connectivity index (χ3n) is 3.62. The summed E-state index contributed by atoms with van der Waals surface area (Å²) >= 11 is 0. The number of urea groups is 1. The Morgan fingerprint density at radius 2 is 1.65 bits per heavy atom. The van der Waals surface area contributed by atoms with Crippen molar-refractivity contribution in [3.63, 3.8) is 0 Å². The summed E-state index contributed by atoms with van der Waals surface area (Å²) < 4.78 is 5.52. The first-order valence-corrected chi connectivity index (χ1v) is 8.37. The molecule has 0 aliphatic carbocycles. The molecule has 0 bridgehead atoms. The van der Waals surface area contributed by atoms with Crippen LogP contribution in [0.5, 0.6) is 5.75 Å². The number of benzene rings is 2. The number of carbonyl (C=O) groups excluding carboxylic acids is 1. The van der Waals surface area contributed by atoms with E-state index in [9.17, 15) is 4.79 Å². The van der Waals surface area contributed by atoms with Crippen molar-refractivity contribution in [1.82, 2.24) is 20.6 Å². The van der Waals surface area contributed by atoms with Gasteiger partial charge in [0.2, 0.25) is 0 Å². The van der Waals surface area contributed by atoms with Gasteiger partial charge in [0.1, 0.15) is 18.7 Å². The highest BCUT2D eigenvalue weighted by atomic mass is 16.5. The molecule has 1 heterocycles. The minimum absolute atomic E-state index is 0.262. The van der Waals surface area contributed by atoms with Crippen LogP contribution in [0.1, 0.15) is 5.69 Å². The molecule has 1 aromatic heterocycles. The van der Waals surface area contributed by atoms with E-state index in [-0.39, 0.29) is 6.03 Å². The van der Waals surface area contributed by atoms with Gasteiger partial charge in [-0.3, -0.25) is 0 Å². The summed E-state index contributed by atoms with van der Waals surface area (Å²) in [5.74, 6) is 0.782. The van der Waals surface area contributed by atoms with Crippen LogP contribution >= 0.6 is 0 Å². The van der Waals surface area contributed by atoms with Crippen LogP contribution in [0.25, 0.3) is 11.3 Å². The number of rotatable bonds is 7. The van der Waals surface area contributed by atoms with Crippen LogP contribution in [-0.2, 0) is 6.54 Å². The number of hydrogen-bond donors (Lipinski definition) is 2. The maximum Gasteiger partial charge on any atom is 0.315 e. The van der Waals surface area contributed by atoms with Crippen LogP contribution in [0.3, 0.4) is 0 Å². The number of nitrogens with zero attached hydrogens (tertiary/aromatic N) is 2. The summed E-state index contributed by atoms with van der Waals surface area (Å²) in [4.78, 5) is 20.3. The van der Waals surface area contributed by atoms with Crippen LogP contribution in [0, 0.1) is 0 Å². The third kappa shape index (κ3) is 5.31. The average molecular weight is 348 g/mol. The van der Waals surface area contributed by atoms with Crippen LogP contribution in [-0.4, -0.2) is 29.2 Å². The lowest BCUT2D eigenvalue weighted by atomic mass is 10.1. The van der Waals surface area contributed by atoms with Crippen molar-refractivity contribution < 1.29 is 9.53 Å². The Bertz CT molecular complexity index is 825. The Balaban J connectivity index is 1.42. The van der Waals surface area contributed by atoms with Crippen molar-refractivity contribution >= 4 is 6.03 Å². The fourth-order valence-electron chi connectivity index (χ4n) is 2.34. The van der Waals surface area contributed by atoms with E-state index in [0.29, 0.717) is 19.7 Å². The van der Waals surface area contributed by atoms with Gasteiger partial charge in [-0.2, -0.15) is 0 Å². The van der Waals surface area contributed by atoms with Crippen LogP contribution in [0.15, 0.2) is 73.1 Å². The molecule has 0 fully saturated rings. The molecule has 0 aliphatic rings. The van der Waals surface area contributed by atoms with E-state index in [1.807, 2.05) is 66.7 Å². The van der Waals surface area contributed by atoms with Crippen molar-refractivity contribution in [2.75, 3.05) is 13.2 Å². The van der Waals surface area contributed by atoms with Crippen LogP contribution in [0.2, 0.25) is 0 Å². The van der Waals surface area contributed by atoms with E-state index in [1.165, 1.54) is 6.33 Å². The fraction of sp³-hybridized carbons (Fsp3) is 0.150. The second-order valence-electron chi connectivity index (χ2n) is 5.53. The first-order valence-electron chi connectivity index (χ1n) is 8.37. The number of amides is 2. The smallest absolute Gasteiger partial charge is 0.315 e. The molecule has 6 nitrogen and oxygen atoms in total. The van der Waals surface area contributed by atoms with E-state index in [4.69, 9.17) is 4.74 Å². The topological polar surface area (TPSA) is 76.1 Å². The molecular formula is C20H20N4O2. The summed E-state index contributed by atoms with van der Waals surface area (Å²) in [5.41, 5.74) is 2.59. The van der Waals surface area contributed by atoms with E-state index < -0.39 is 0 Å². The summed E-state index contributed by atoms with van der Waals surface area (Å²) in [6.45, 7) is 1.15. The van der Waals surface area contributed by atoms with Crippen molar-refractivity contribution in [1.29, 1.82) is 0 Å². The van der Waals surface area contributed by atoms with Crippen molar-refractivity contribution in [3.05, 3.63) is 78.8 Å². The predicted molar refractivity (Wildman–Crippen MR) is 99.6 cm³/mol. The van der Waals surface area contributed by atoms with Crippen molar-refractivity contribution in [2.45, 2.75) is 6.54 Å². The van der Waals surface area contributed by atoms with Crippen LogP contribution < -0.4 is 15.4 Å². The van der Waals surface area contributed by atoms with Gasteiger partial charge >= 0.3 is 6.03 Å². The number of ether oxygens (including phenoxy) is 1. The molecule has 2 aromatic carbocycles. The first kappa shape index (κ1) is 17.4. The Morgan fingerprint density at radius 3 is 2.42 bits per heavy atom. The Kier molecular flexibility index (Phi) is 6.14. The lowest BCUT2D eigenvalue weighted by Gasteiger charge is -2.09. The number of aromatic nitrogens is 2. The Hall–Kier alpha value is -3.41. The highest BCUT2D eigenvalue weighted by Crippen LogP contribution is 2.15.